The Hall–Kier alpha value is -2.61. The van der Waals surface area contributed by atoms with E-state index in [4.69, 9.17) is 4.74 Å². The van der Waals surface area contributed by atoms with Crippen molar-refractivity contribution in [2.75, 3.05) is 49.5 Å². The standard InChI is InChI=1S/C22H23N3O3S/c26-19(15-4-5-20-17(12-15)23-22(27)14-28-20)13-24-7-9-25(10-8-24)18-2-1-3-21-16(18)6-11-29-21/h1-6,11-12,19,26H,7-10,13-14H2,(H,23,27). The van der Waals surface area contributed by atoms with Crippen LogP contribution in [-0.2, 0) is 4.79 Å². The molecule has 0 aliphatic carbocycles. The summed E-state index contributed by atoms with van der Waals surface area (Å²) in [6, 6.07) is 14.2. The van der Waals surface area contributed by atoms with Crippen LogP contribution in [0.2, 0.25) is 0 Å². The number of ether oxygens (including phenoxy) is 1. The van der Waals surface area contributed by atoms with E-state index in [9.17, 15) is 9.90 Å². The van der Waals surface area contributed by atoms with Crippen molar-refractivity contribution in [2.45, 2.75) is 6.10 Å². The number of thiophene rings is 1. The zero-order valence-electron chi connectivity index (χ0n) is 16.0. The first-order valence-electron chi connectivity index (χ1n) is 9.85. The molecule has 1 unspecified atom stereocenters. The summed E-state index contributed by atoms with van der Waals surface area (Å²) in [7, 11) is 0. The van der Waals surface area contributed by atoms with Crippen LogP contribution < -0.4 is 15.0 Å². The van der Waals surface area contributed by atoms with Crippen molar-refractivity contribution >= 4 is 38.7 Å². The molecule has 6 nitrogen and oxygen atoms in total. The van der Waals surface area contributed by atoms with Gasteiger partial charge in [-0.15, -0.1) is 11.3 Å². The van der Waals surface area contributed by atoms with Gasteiger partial charge in [0.2, 0.25) is 0 Å². The normalized spacial score (nSPS) is 18.2. The van der Waals surface area contributed by atoms with Crippen LogP contribution in [0.3, 0.4) is 0 Å². The molecule has 2 aromatic carbocycles. The molecule has 1 aromatic heterocycles. The van der Waals surface area contributed by atoms with Gasteiger partial charge < -0.3 is 20.1 Å². The molecule has 2 aliphatic rings. The minimum Gasteiger partial charge on any atom is -0.482 e. The average Bonchev–Trinajstić information content (AvgIpc) is 3.23. The number of nitrogens with zero attached hydrogens (tertiary/aromatic N) is 2. The molecule has 29 heavy (non-hydrogen) atoms. The summed E-state index contributed by atoms with van der Waals surface area (Å²) < 4.78 is 6.71. The van der Waals surface area contributed by atoms with Crippen molar-refractivity contribution in [3.05, 3.63) is 53.4 Å². The van der Waals surface area contributed by atoms with E-state index in [1.807, 2.05) is 18.2 Å². The number of amides is 1. The van der Waals surface area contributed by atoms with Crippen LogP contribution >= 0.6 is 11.3 Å². The van der Waals surface area contributed by atoms with Crippen LogP contribution in [0.15, 0.2) is 47.8 Å². The lowest BCUT2D eigenvalue weighted by molar-refractivity contribution is -0.118. The summed E-state index contributed by atoms with van der Waals surface area (Å²) in [6.07, 6.45) is -0.606. The first-order valence-corrected chi connectivity index (χ1v) is 10.7. The third-order valence-corrected chi connectivity index (χ3v) is 6.52. The maximum absolute atomic E-state index is 11.5. The predicted molar refractivity (Wildman–Crippen MR) is 116 cm³/mol. The van der Waals surface area contributed by atoms with Crippen molar-refractivity contribution in [1.29, 1.82) is 0 Å². The number of anilines is 2. The molecule has 5 rings (SSSR count). The quantitative estimate of drug-likeness (QED) is 0.693. The number of aliphatic hydroxyl groups excluding tert-OH is 1. The van der Waals surface area contributed by atoms with Crippen molar-refractivity contribution in [3.63, 3.8) is 0 Å². The zero-order chi connectivity index (χ0) is 19.8. The summed E-state index contributed by atoms with van der Waals surface area (Å²) in [4.78, 5) is 16.3. The van der Waals surface area contributed by atoms with Crippen LogP contribution in [-0.4, -0.2) is 55.2 Å². The van der Waals surface area contributed by atoms with Gasteiger partial charge in [0.25, 0.3) is 5.91 Å². The fourth-order valence-electron chi connectivity index (χ4n) is 4.08. The highest BCUT2D eigenvalue weighted by Gasteiger charge is 2.23. The van der Waals surface area contributed by atoms with E-state index in [0.29, 0.717) is 18.0 Å². The lowest BCUT2D eigenvalue weighted by Crippen LogP contribution is -2.47. The van der Waals surface area contributed by atoms with E-state index in [-0.39, 0.29) is 12.5 Å². The fraction of sp³-hybridized carbons (Fsp3) is 0.318. The molecule has 2 N–H and O–H groups in total. The van der Waals surface area contributed by atoms with Gasteiger partial charge >= 0.3 is 0 Å². The summed E-state index contributed by atoms with van der Waals surface area (Å²) in [5, 5.41) is 17.0. The van der Waals surface area contributed by atoms with E-state index >= 15 is 0 Å². The first kappa shape index (κ1) is 18.4. The first-order chi connectivity index (χ1) is 14.2. The molecular weight excluding hydrogens is 386 g/mol. The number of carbonyl (C=O) groups excluding carboxylic acids is 1. The molecule has 0 radical (unpaired) electrons. The van der Waals surface area contributed by atoms with Gasteiger partial charge in [-0.05, 0) is 41.3 Å². The number of hydrogen-bond donors (Lipinski definition) is 2. The number of rotatable bonds is 4. The summed E-state index contributed by atoms with van der Waals surface area (Å²) in [5.74, 6) is 0.484. The Bertz CT molecular complexity index is 1040. The lowest BCUT2D eigenvalue weighted by Gasteiger charge is -2.37. The number of aliphatic hydroxyl groups is 1. The van der Waals surface area contributed by atoms with Gasteiger partial charge in [0, 0.05) is 48.5 Å². The second kappa shape index (κ2) is 7.67. The molecule has 1 atom stereocenters. The number of hydrogen-bond acceptors (Lipinski definition) is 6. The molecule has 7 heteroatoms. The van der Waals surface area contributed by atoms with E-state index in [2.05, 4.69) is 44.8 Å². The maximum atomic E-state index is 11.5. The van der Waals surface area contributed by atoms with Gasteiger partial charge in [-0.3, -0.25) is 9.69 Å². The highest BCUT2D eigenvalue weighted by Crippen LogP contribution is 2.32. The largest absolute Gasteiger partial charge is 0.482 e. The van der Waals surface area contributed by atoms with Crippen LogP contribution in [0, 0.1) is 0 Å². The molecule has 1 amide bonds. The smallest absolute Gasteiger partial charge is 0.262 e. The van der Waals surface area contributed by atoms with Gasteiger partial charge in [0.05, 0.1) is 11.8 Å². The van der Waals surface area contributed by atoms with Gasteiger partial charge in [-0.25, -0.2) is 0 Å². The van der Waals surface area contributed by atoms with Crippen LogP contribution in [0.1, 0.15) is 11.7 Å². The molecular formula is C22H23N3O3S. The van der Waals surface area contributed by atoms with E-state index in [1.54, 1.807) is 11.3 Å². The molecule has 0 spiro atoms. The number of carbonyl (C=O) groups is 1. The monoisotopic (exact) mass is 409 g/mol. The van der Waals surface area contributed by atoms with Gasteiger partial charge in [0.1, 0.15) is 5.75 Å². The van der Waals surface area contributed by atoms with Crippen molar-refractivity contribution in [2.24, 2.45) is 0 Å². The predicted octanol–water partition coefficient (Wildman–Crippen LogP) is 3.09. The Morgan fingerprint density at radius 2 is 2.00 bits per heavy atom. The van der Waals surface area contributed by atoms with Gasteiger partial charge in [-0.1, -0.05) is 12.1 Å². The van der Waals surface area contributed by atoms with Crippen LogP contribution in [0.5, 0.6) is 5.75 Å². The maximum Gasteiger partial charge on any atom is 0.262 e. The Balaban J connectivity index is 1.22. The van der Waals surface area contributed by atoms with Crippen molar-refractivity contribution in [1.82, 2.24) is 4.90 Å². The minimum absolute atomic E-state index is 0.0400. The molecule has 2 aliphatic heterocycles. The van der Waals surface area contributed by atoms with Gasteiger partial charge in [-0.2, -0.15) is 0 Å². The SMILES string of the molecule is O=C1COc2ccc(C(O)CN3CCN(c4cccc5sccc45)CC3)cc2N1. The Labute approximate surface area is 173 Å². The molecule has 0 bridgehead atoms. The van der Waals surface area contributed by atoms with E-state index < -0.39 is 6.10 Å². The number of fused-ring (bicyclic) bond motifs is 2. The number of benzene rings is 2. The molecule has 3 aromatic rings. The number of β-amino-alcohol motifs (C(OH)–C–C–N with tert-alkyl or cyclic N) is 1. The summed E-state index contributed by atoms with van der Waals surface area (Å²) in [5.41, 5.74) is 2.72. The Morgan fingerprint density at radius 1 is 1.14 bits per heavy atom. The topological polar surface area (TPSA) is 65.0 Å². The third-order valence-electron chi connectivity index (χ3n) is 5.64. The molecule has 1 fully saturated rings. The van der Waals surface area contributed by atoms with Gasteiger partial charge in [0.15, 0.2) is 6.61 Å². The second-order valence-corrected chi connectivity index (χ2v) is 8.45. The van der Waals surface area contributed by atoms with E-state index in [1.165, 1.54) is 15.8 Å². The lowest BCUT2D eigenvalue weighted by atomic mass is 10.1. The summed E-state index contributed by atoms with van der Waals surface area (Å²) in [6.45, 7) is 4.30. The highest BCUT2D eigenvalue weighted by atomic mass is 32.1. The van der Waals surface area contributed by atoms with Crippen molar-refractivity contribution in [3.8, 4) is 5.75 Å². The fourth-order valence-corrected chi connectivity index (χ4v) is 4.89. The van der Waals surface area contributed by atoms with Crippen LogP contribution in [0.4, 0.5) is 11.4 Å². The molecule has 1 saturated heterocycles. The zero-order valence-corrected chi connectivity index (χ0v) is 16.8. The molecule has 3 heterocycles. The summed E-state index contributed by atoms with van der Waals surface area (Å²) >= 11 is 1.78. The molecule has 0 saturated carbocycles. The number of nitrogens with one attached hydrogen (secondary N) is 1. The second-order valence-electron chi connectivity index (χ2n) is 7.51. The Kier molecular flexibility index (Phi) is 4.87. The third kappa shape index (κ3) is 3.69. The minimum atomic E-state index is -0.606. The van der Waals surface area contributed by atoms with E-state index in [0.717, 1.165) is 31.7 Å². The number of piperazine rings is 1. The van der Waals surface area contributed by atoms with Crippen LogP contribution in [0.25, 0.3) is 10.1 Å². The highest BCUT2D eigenvalue weighted by molar-refractivity contribution is 7.17. The Morgan fingerprint density at radius 3 is 2.86 bits per heavy atom. The molecule has 150 valence electrons. The average molecular weight is 410 g/mol. The van der Waals surface area contributed by atoms with Crippen molar-refractivity contribution < 1.29 is 14.6 Å².